The molecule has 3 amide bonds. The summed E-state index contributed by atoms with van der Waals surface area (Å²) in [7, 11) is 0. The van der Waals surface area contributed by atoms with Gasteiger partial charge in [-0.3, -0.25) is 14.4 Å². The summed E-state index contributed by atoms with van der Waals surface area (Å²) in [5, 5.41) is 120. The molecule has 16 atom stereocenters. The van der Waals surface area contributed by atoms with Crippen molar-refractivity contribution in [3.63, 3.8) is 0 Å². The molecule has 3 aliphatic heterocycles. The average molecular weight is 732 g/mol. The van der Waals surface area contributed by atoms with E-state index in [4.69, 9.17) is 28.8 Å². The van der Waals surface area contributed by atoms with E-state index < -0.39 is 154 Å². The summed E-state index contributed by atoms with van der Waals surface area (Å²) >= 11 is 0. The molecule has 0 aliphatic carbocycles. The minimum atomic E-state index is -2.92. The van der Waals surface area contributed by atoms with Crippen molar-refractivity contribution in [1.29, 1.82) is 0 Å². The van der Waals surface area contributed by atoms with E-state index >= 15 is 0 Å². The Labute approximate surface area is 283 Å². The lowest BCUT2D eigenvalue weighted by atomic mass is 9.88. The van der Waals surface area contributed by atoms with Crippen LogP contribution in [-0.2, 0) is 42.9 Å². The highest BCUT2D eigenvalue weighted by Gasteiger charge is 2.57. The number of ether oxygens (including phenoxy) is 5. The number of carboxylic acids is 1. The lowest BCUT2D eigenvalue weighted by Gasteiger charge is -2.49. The zero-order valence-electron chi connectivity index (χ0n) is 26.8. The van der Waals surface area contributed by atoms with Crippen molar-refractivity contribution < 1.29 is 99.0 Å². The molecule has 23 heteroatoms. The maximum Gasteiger partial charge on any atom is 0.364 e. The Morgan fingerprint density at radius 3 is 2.00 bits per heavy atom. The summed E-state index contributed by atoms with van der Waals surface area (Å²) in [5.41, 5.74) is 0. The Morgan fingerprint density at radius 2 is 1.46 bits per heavy atom. The molecule has 3 heterocycles. The van der Waals surface area contributed by atoms with E-state index in [9.17, 15) is 70.2 Å². The largest absolute Gasteiger partial charge is 0.477 e. The standard InChI is InChI=1S/C27H45N3O20/c1-8(34)28-16-21(42)19(40)12(5-32)48-25(16)49-22-17(29-9(2)35)24(43)47-13(20(22)41)7-46-27(26(44)45)3-10(36)15(30-14(38)6-33)23(50-27)18(39)11(37)4-31/h10-13,15-25,31-33,36-37,39-43H,3-7H2,1-2H3,(H,28,34)(H,29,35)(H,30,38)(H,44,45)/t10-,11+,12+,13+,15+,16+,17+,18+,19-,20-,21+,22+,23+,24-,25+,27+/m0/s1. The highest BCUT2D eigenvalue weighted by molar-refractivity contribution is 5.78. The van der Waals surface area contributed by atoms with Gasteiger partial charge >= 0.3 is 5.97 Å². The van der Waals surface area contributed by atoms with Crippen molar-refractivity contribution in [2.75, 3.05) is 26.4 Å². The van der Waals surface area contributed by atoms with E-state index in [-0.39, 0.29) is 0 Å². The predicted molar refractivity (Wildman–Crippen MR) is 155 cm³/mol. The van der Waals surface area contributed by atoms with Gasteiger partial charge in [-0.1, -0.05) is 0 Å². The molecule has 0 unspecified atom stereocenters. The van der Waals surface area contributed by atoms with Crippen LogP contribution in [0.25, 0.3) is 0 Å². The van der Waals surface area contributed by atoms with Crippen molar-refractivity contribution >= 4 is 23.7 Å². The number of carbonyl (C=O) groups excluding carboxylic acids is 3. The van der Waals surface area contributed by atoms with Crippen molar-refractivity contribution in [3.05, 3.63) is 0 Å². The minimum Gasteiger partial charge on any atom is -0.477 e. The highest BCUT2D eigenvalue weighted by atomic mass is 16.7. The van der Waals surface area contributed by atoms with Crippen LogP contribution in [0.2, 0.25) is 0 Å². The minimum absolute atomic E-state index is 0.722. The molecule has 0 aromatic rings. The highest BCUT2D eigenvalue weighted by Crippen LogP contribution is 2.35. The van der Waals surface area contributed by atoms with E-state index in [1.807, 2.05) is 0 Å². The number of hydrogen-bond acceptors (Lipinski definition) is 19. The van der Waals surface area contributed by atoms with Crippen LogP contribution >= 0.6 is 0 Å². The third-order valence-corrected chi connectivity index (χ3v) is 8.37. The van der Waals surface area contributed by atoms with Crippen molar-refractivity contribution in [2.24, 2.45) is 0 Å². The maximum absolute atomic E-state index is 12.6. The van der Waals surface area contributed by atoms with Crippen LogP contribution in [0.3, 0.4) is 0 Å². The second-order valence-corrected chi connectivity index (χ2v) is 12.0. The van der Waals surface area contributed by atoms with Crippen LogP contribution in [0.15, 0.2) is 0 Å². The van der Waals surface area contributed by atoms with Crippen LogP contribution in [-0.4, -0.2) is 204 Å². The van der Waals surface area contributed by atoms with Gasteiger partial charge in [-0.2, -0.15) is 0 Å². The Hall–Kier alpha value is -2.72. The fraction of sp³-hybridized carbons (Fsp3) is 0.852. The zero-order chi connectivity index (χ0) is 37.7. The number of hydrogen-bond donors (Lipinski definition) is 14. The first-order chi connectivity index (χ1) is 23.4. The van der Waals surface area contributed by atoms with Gasteiger partial charge in [0.25, 0.3) is 5.79 Å². The van der Waals surface area contributed by atoms with Gasteiger partial charge < -0.3 is 95.8 Å². The van der Waals surface area contributed by atoms with Gasteiger partial charge in [-0.15, -0.1) is 0 Å². The summed E-state index contributed by atoms with van der Waals surface area (Å²) in [4.78, 5) is 48.3. The molecule has 0 radical (unpaired) electrons. The Kier molecular flexibility index (Phi) is 14.7. The predicted octanol–water partition coefficient (Wildman–Crippen LogP) is -8.96. The number of carbonyl (C=O) groups is 4. The van der Waals surface area contributed by atoms with E-state index in [0.29, 0.717) is 0 Å². The molecule has 3 saturated heterocycles. The first-order valence-electron chi connectivity index (χ1n) is 15.3. The number of aliphatic hydroxyl groups excluding tert-OH is 10. The fourth-order valence-electron chi connectivity index (χ4n) is 5.85. The molecular weight excluding hydrogens is 686 g/mol. The first kappa shape index (κ1) is 41.7. The molecule has 3 rings (SSSR count). The lowest BCUT2D eigenvalue weighted by Crippen LogP contribution is -2.70. The summed E-state index contributed by atoms with van der Waals surface area (Å²) in [6.45, 7) is -1.90. The Bertz CT molecular complexity index is 1180. The van der Waals surface area contributed by atoms with Gasteiger partial charge in [0.15, 0.2) is 12.6 Å². The molecule has 50 heavy (non-hydrogen) atoms. The third-order valence-electron chi connectivity index (χ3n) is 8.37. The molecule has 0 aromatic heterocycles. The normalized spacial score (nSPS) is 40.3. The van der Waals surface area contributed by atoms with Crippen molar-refractivity contribution in [1.82, 2.24) is 16.0 Å². The molecule has 3 fully saturated rings. The number of carboxylic acid groups (broad SMARTS) is 1. The van der Waals surface area contributed by atoms with Gasteiger partial charge in [0, 0.05) is 20.3 Å². The van der Waals surface area contributed by atoms with Gasteiger partial charge in [-0.05, 0) is 0 Å². The fourth-order valence-corrected chi connectivity index (χ4v) is 5.85. The first-order valence-corrected chi connectivity index (χ1v) is 15.3. The molecule has 14 N–H and O–H groups in total. The zero-order valence-corrected chi connectivity index (χ0v) is 26.8. The molecular formula is C27H45N3O20. The van der Waals surface area contributed by atoms with Crippen LogP contribution in [0.4, 0.5) is 0 Å². The SMILES string of the molecule is CC(=O)N[C@@H]1[C@@H](O[C@H]2O[C@H](CO)[C@H](O)[C@H](O)[C@H]2NC(C)=O)[C@@H](O)[C@@H](CO[C@]2(C(=O)O)C[C@H](O)[C@@H](NC(=O)CO)[C@H]([C@H](O)[C@H](O)CO)O2)O[C@@H]1O. The lowest BCUT2D eigenvalue weighted by molar-refractivity contribution is -0.342. The topological polar surface area (TPSA) is 373 Å². The number of amides is 3. The summed E-state index contributed by atoms with van der Waals surface area (Å²) in [6, 6.07) is -4.79. The summed E-state index contributed by atoms with van der Waals surface area (Å²) in [6.07, 6.45) is -23.3. The number of aliphatic hydroxyl groups is 10. The molecule has 23 nitrogen and oxygen atoms in total. The van der Waals surface area contributed by atoms with Crippen molar-refractivity contribution in [3.8, 4) is 0 Å². The molecule has 0 aromatic carbocycles. The molecule has 0 saturated carbocycles. The van der Waals surface area contributed by atoms with Crippen LogP contribution < -0.4 is 16.0 Å². The van der Waals surface area contributed by atoms with Gasteiger partial charge in [0.1, 0.15) is 73.6 Å². The van der Waals surface area contributed by atoms with E-state index in [0.717, 1.165) is 13.8 Å². The maximum atomic E-state index is 12.6. The second kappa shape index (κ2) is 17.7. The Morgan fingerprint density at radius 1 is 0.840 bits per heavy atom. The van der Waals surface area contributed by atoms with E-state index in [1.165, 1.54) is 0 Å². The monoisotopic (exact) mass is 731 g/mol. The Balaban J connectivity index is 1.92. The van der Waals surface area contributed by atoms with Gasteiger partial charge in [0.05, 0.1) is 32.0 Å². The van der Waals surface area contributed by atoms with Crippen molar-refractivity contribution in [2.45, 2.75) is 118 Å². The average Bonchev–Trinajstić information content (AvgIpc) is 3.06. The van der Waals surface area contributed by atoms with Crippen LogP contribution in [0, 0.1) is 0 Å². The summed E-state index contributed by atoms with van der Waals surface area (Å²) < 4.78 is 27.7. The number of aliphatic carboxylic acids is 1. The second-order valence-electron chi connectivity index (χ2n) is 12.0. The number of nitrogens with one attached hydrogen (secondary N) is 3. The molecule has 288 valence electrons. The molecule has 0 bridgehead atoms. The molecule has 3 aliphatic rings. The van der Waals surface area contributed by atoms with Crippen LogP contribution in [0.1, 0.15) is 20.3 Å². The summed E-state index contributed by atoms with van der Waals surface area (Å²) in [5.74, 6) is -7.41. The van der Waals surface area contributed by atoms with Crippen LogP contribution in [0.5, 0.6) is 0 Å². The van der Waals surface area contributed by atoms with Gasteiger partial charge in [-0.25, -0.2) is 4.79 Å². The van der Waals surface area contributed by atoms with E-state index in [1.54, 1.807) is 0 Å². The van der Waals surface area contributed by atoms with E-state index in [2.05, 4.69) is 16.0 Å². The smallest absolute Gasteiger partial charge is 0.364 e. The van der Waals surface area contributed by atoms with Gasteiger partial charge in [0.2, 0.25) is 17.7 Å². The molecule has 0 spiro atoms. The quantitative estimate of drug-likeness (QED) is 0.0788. The third kappa shape index (κ3) is 9.38. The number of rotatable bonds is 14.